The standard InChI is InChI=1S/C12H23N3.HI/c1-2-5-12(6-3-7-12)10-15-11-13-8-4-9-14-11;/h2-10H2,1H3,(H2,13,14,15);1H. The van der Waals surface area contributed by atoms with Crippen molar-refractivity contribution in [3.63, 3.8) is 0 Å². The van der Waals surface area contributed by atoms with E-state index in [1.807, 2.05) is 0 Å². The lowest BCUT2D eigenvalue weighted by atomic mass is 9.66. The lowest BCUT2D eigenvalue weighted by Crippen LogP contribution is -2.47. The lowest BCUT2D eigenvalue weighted by Gasteiger charge is -2.42. The molecule has 3 nitrogen and oxygen atoms in total. The zero-order valence-electron chi connectivity index (χ0n) is 10.2. The van der Waals surface area contributed by atoms with Gasteiger partial charge >= 0.3 is 0 Å². The molecule has 4 heteroatoms. The number of nitrogens with zero attached hydrogens (tertiary/aromatic N) is 1. The van der Waals surface area contributed by atoms with Crippen LogP contribution in [0.5, 0.6) is 0 Å². The summed E-state index contributed by atoms with van der Waals surface area (Å²) in [5.74, 6) is 1.03. The summed E-state index contributed by atoms with van der Waals surface area (Å²) in [6, 6.07) is 0. The Morgan fingerprint density at radius 1 is 1.38 bits per heavy atom. The molecule has 0 aromatic rings. The number of rotatable bonds is 4. The molecule has 0 aromatic heterocycles. The highest BCUT2D eigenvalue weighted by molar-refractivity contribution is 14.0. The van der Waals surface area contributed by atoms with E-state index in [1.54, 1.807) is 0 Å². The fourth-order valence-electron chi connectivity index (χ4n) is 2.64. The molecule has 0 bridgehead atoms. The first-order chi connectivity index (χ1) is 7.35. The Labute approximate surface area is 116 Å². The molecule has 0 spiro atoms. The van der Waals surface area contributed by atoms with Crippen LogP contribution in [0.4, 0.5) is 0 Å². The van der Waals surface area contributed by atoms with Crippen LogP contribution < -0.4 is 10.6 Å². The number of nitrogens with one attached hydrogen (secondary N) is 2. The van der Waals surface area contributed by atoms with E-state index in [-0.39, 0.29) is 24.0 Å². The van der Waals surface area contributed by atoms with E-state index in [2.05, 4.69) is 22.5 Å². The molecule has 1 saturated carbocycles. The average molecular weight is 337 g/mol. The summed E-state index contributed by atoms with van der Waals surface area (Å²) in [5, 5.41) is 6.81. The predicted molar refractivity (Wildman–Crippen MR) is 79.5 cm³/mol. The van der Waals surface area contributed by atoms with Crippen molar-refractivity contribution in [3.8, 4) is 0 Å². The van der Waals surface area contributed by atoms with Gasteiger partial charge < -0.3 is 10.6 Å². The second kappa shape index (κ2) is 6.67. The Balaban J connectivity index is 0.00000128. The maximum absolute atomic E-state index is 4.45. The number of aliphatic imine (C=N–C) groups is 1. The smallest absolute Gasteiger partial charge is 0.191 e. The Morgan fingerprint density at radius 2 is 2.19 bits per heavy atom. The number of guanidine groups is 1. The van der Waals surface area contributed by atoms with E-state index < -0.39 is 0 Å². The molecular formula is C12H24IN3. The van der Waals surface area contributed by atoms with Crippen LogP contribution in [0.25, 0.3) is 0 Å². The van der Waals surface area contributed by atoms with Gasteiger partial charge in [0.05, 0.1) is 0 Å². The third-order valence-corrected chi connectivity index (χ3v) is 3.72. The maximum Gasteiger partial charge on any atom is 0.191 e. The second-order valence-electron chi connectivity index (χ2n) is 4.97. The summed E-state index contributed by atoms with van der Waals surface area (Å²) < 4.78 is 0. The van der Waals surface area contributed by atoms with Gasteiger partial charge in [0.25, 0.3) is 0 Å². The molecule has 1 aliphatic carbocycles. The van der Waals surface area contributed by atoms with E-state index in [9.17, 15) is 0 Å². The van der Waals surface area contributed by atoms with Crippen molar-refractivity contribution in [2.45, 2.75) is 45.4 Å². The molecule has 2 N–H and O–H groups in total. The molecule has 0 saturated heterocycles. The molecule has 1 fully saturated rings. The summed E-state index contributed by atoms with van der Waals surface area (Å²) in [6.07, 6.45) is 8.07. The zero-order valence-corrected chi connectivity index (χ0v) is 12.5. The van der Waals surface area contributed by atoms with Crippen LogP contribution in [-0.4, -0.2) is 25.6 Å². The highest BCUT2D eigenvalue weighted by atomic mass is 127. The monoisotopic (exact) mass is 337 g/mol. The number of hydrogen-bond acceptors (Lipinski definition) is 3. The Kier molecular flexibility index (Phi) is 5.86. The molecule has 0 atom stereocenters. The van der Waals surface area contributed by atoms with Gasteiger partial charge in [-0.05, 0) is 31.1 Å². The van der Waals surface area contributed by atoms with Crippen LogP contribution in [0.1, 0.15) is 45.4 Å². The van der Waals surface area contributed by atoms with E-state index in [0.717, 1.165) is 25.6 Å². The summed E-state index contributed by atoms with van der Waals surface area (Å²) in [5.41, 5.74) is 0.594. The highest BCUT2D eigenvalue weighted by Crippen LogP contribution is 2.44. The third kappa shape index (κ3) is 3.50. The van der Waals surface area contributed by atoms with Gasteiger partial charge in [-0.1, -0.05) is 19.8 Å². The van der Waals surface area contributed by atoms with Crippen molar-refractivity contribution in [3.05, 3.63) is 0 Å². The van der Waals surface area contributed by atoms with Crippen molar-refractivity contribution < 1.29 is 0 Å². The molecule has 1 aliphatic heterocycles. The van der Waals surface area contributed by atoms with Gasteiger partial charge in [-0.2, -0.15) is 0 Å². The topological polar surface area (TPSA) is 36.4 Å². The Morgan fingerprint density at radius 3 is 2.69 bits per heavy atom. The quantitative estimate of drug-likeness (QED) is 0.774. The normalized spacial score (nSPS) is 22.2. The minimum atomic E-state index is 0. The van der Waals surface area contributed by atoms with Crippen LogP contribution in [-0.2, 0) is 0 Å². The largest absolute Gasteiger partial charge is 0.356 e. The van der Waals surface area contributed by atoms with Gasteiger partial charge in [0.15, 0.2) is 5.96 Å². The second-order valence-corrected chi connectivity index (χ2v) is 4.97. The zero-order chi connectivity index (χ0) is 10.6. The van der Waals surface area contributed by atoms with E-state index >= 15 is 0 Å². The van der Waals surface area contributed by atoms with Crippen molar-refractivity contribution in [1.29, 1.82) is 0 Å². The van der Waals surface area contributed by atoms with Crippen LogP contribution in [0.2, 0.25) is 0 Å². The van der Waals surface area contributed by atoms with Crippen LogP contribution in [0.15, 0.2) is 4.99 Å². The molecule has 94 valence electrons. The van der Waals surface area contributed by atoms with Crippen LogP contribution in [0.3, 0.4) is 0 Å². The number of hydrogen-bond donors (Lipinski definition) is 2. The van der Waals surface area contributed by atoms with Gasteiger partial charge in [-0.25, -0.2) is 0 Å². The minimum absolute atomic E-state index is 0. The van der Waals surface area contributed by atoms with E-state index in [4.69, 9.17) is 0 Å². The van der Waals surface area contributed by atoms with E-state index in [1.165, 1.54) is 38.5 Å². The van der Waals surface area contributed by atoms with Crippen molar-refractivity contribution >= 4 is 29.9 Å². The van der Waals surface area contributed by atoms with Crippen LogP contribution in [0, 0.1) is 5.41 Å². The third-order valence-electron chi connectivity index (χ3n) is 3.72. The highest BCUT2D eigenvalue weighted by Gasteiger charge is 2.35. The molecule has 1 heterocycles. The van der Waals surface area contributed by atoms with Gasteiger partial charge in [-0.3, -0.25) is 4.99 Å². The molecule has 0 aromatic carbocycles. The van der Waals surface area contributed by atoms with Crippen LogP contribution >= 0.6 is 24.0 Å². The SMILES string of the molecule is CCCC1(CNC2=NCCCN2)CCC1.I. The van der Waals surface area contributed by atoms with Crippen molar-refractivity contribution in [1.82, 2.24) is 10.6 Å². The summed E-state index contributed by atoms with van der Waals surface area (Å²) in [7, 11) is 0. The first kappa shape index (κ1) is 14.1. The first-order valence-corrected chi connectivity index (χ1v) is 6.37. The summed E-state index contributed by atoms with van der Waals surface area (Å²) in [4.78, 5) is 4.45. The number of halogens is 1. The molecule has 2 rings (SSSR count). The minimum Gasteiger partial charge on any atom is -0.356 e. The van der Waals surface area contributed by atoms with Crippen molar-refractivity contribution in [2.24, 2.45) is 10.4 Å². The Bertz CT molecular complexity index is 236. The maximum atomic E-state index is 4.45. The molecule has 0 unspecified atom stereocenters. The lowest BCUT2D eigenvalue weighted by molar-refractivity contribution is 0.122. The molecule has 2 aliphatic rings. The first-order valence-electron chi connectivity index (χ1n) is 6.37. The predicted octanol–water partition coefficient (Wildman–Crippen LogP) is 2.51. The fourth-order valence-corrected chi connectivity index (χ4v) is 2.64. The fraction of sp³-hybridized carbons (Fsp3) is 0.917. The Hall–Kier alpha value is 0. The van der Waals surface area contributed by atoms with Gasteiger partial charge in [0.2, 0.25) is 0 Å². The summed E-state index contributed by atoms with van der Waals surface area (Å²) in [6.45, 7) is 5.46. The molecular weight excluding hydrogens is 313 g/mol. The van der Waals surface area contributed by atoms with Gasteiger partial charge in [-0.15, -0.1) is 24.0 Å². The molecule has 0 radical (unpaired) electrons. The molecule has 0 amide bonds. The average Bonchev–Trinajstić information content (AvgIpc) is 2.23. The van der Waals surface area contributed by atoms with Gasteiger partial charge in [0.1, 0.15) is 0 Å². The van der Waals surface area contributed by atoms with E-state index in [0.29, 0.717) is 5.41 Å². The summed E-state index contributed by atoms with van der Waals surface area (Å²) >= 11 is 0. The molecule has 16 heavy (non-hydrogen) atoms. The van der Waals surface area contributed by atoms with Gasteiger partial charge in [0, 0.05) is 19.6 Å². The van der Waals surface area contributed by atoms with Crippen molar-refractivity contribution in [2.75, 3.05) is 19.6 Å².